The number of rotatable bonds is 10. The molecule has 0 radical (unpaired) electrons. The minimum atomic E-state index is -0.0478. The Kier molecular flexibility index (Phi) is 8.85. The van der Waals surface area contributed by atoms with Crippen molar-refractivity contribution in [2.75, 3.05) is 34.4 Å². The molecule has 0 aromatic heterocycles. The molecule has 1 aliphatic rings. The molecule has 0 spiro atoms. The van der Waals surface area contributed by atoms with Crippen molar-refractivity contribution >= 4 is 5.91 Å². The first-order chi connectivity index (χ1) is 17.6. The smallest absolute Gasteiger partial charge is 0.224 e. The van der Waals surface area contributed by atoms with Crippen molar-refractivity contribution in [3.05, 3.63) is 89.5 Å². The Hall–Kier alpha value is -3.51. The van der Waals surface area contributed by atoms with Crippen molar-refractivity contribution in [2.45, 2.75) is 31.8 Å². The maximum Gasteiger partial charge on any atom is 0.224 e. The summed E-state index contributed by atoms with van der Waals surface area (Å²) in [5, 5.41) is 3.17. The normalized spacial score (nSPS) is 17.9. The third-order valence-corrected chi connectivity index (χ3v) is 6.91. The summed E-state index contributed by atoms with van der Waals surface area (Å²) in [6.07, 6.45) is 2.59. The Balaban J connectivity index is 1.43. The molecule has 6 nitrogen and oxygen atoms in total. The van der Waals surface area contributed by atoms with Gasteiger partial charge in [-0.15, -0.1) is 0 Å². The second-order valence-corrected chi connectivity index (χ2v) is 9.24. The van der Waals surface area contributed by atoms with Crippen molar-refractivity contribution in [3.8, 4) is 17.2 Å². The number of ether oxygens (including phenoxy) is 3. The summed E-state index contributed by atoms with van der Waals surface area (Å²) in [5.41, 5.74) is 3.57. The molecular weight excluding hydrogens is 452 g/mol. The van der Waals surface area contributed by atoms with E-state index in [-0.39, 0.29) is 17.9 Å². The first kappa shape index (κ1) is 25.6. The fourth-order valence-corrected chi connectivity index (χ4v) is 4.94. The summed E-state index contributed by atoms with van der Waals surface area (Å²) in [7, 11) is 4.99. The van der Waals surface area contributed by atoms with E-state index in [4.69, 9.17) is 14.2 Å². The zero-order chi connectivity index (χ0) is 25.3. The van der Waals surface area contributed by atoms with E-state index in [0.717, 1.165) is 42.1 Å². The maximum atomic E-state index is 13.1. The van der Waals surface area contributed by atoms with E-state index in [9.17, 15) is 4.79 Å². The highest BCUT2D eigenvalue weighted by Crippen LogP contribution is 2.35. The predicted molar refractivity (Wildman–Crippen MR) is 142 cm³/mol. The van der Waals surface area contributed by atoms with Crippen LogP contribution in [0, 0.1) is 5.92 Å². The first-order valence-corrected chi connectivity index (χ1v) is 12.5. The van der Waals surface area contributed by atoms with Crippen LogP contribution in [-0.4, -0.2) is 45.2 Å². The van der Waals surface area contributed by atoms with Gasteiger partial charge in [0.05, 0.1) is 27.2 Å². The predicted octanol–water partition coefficient (Wildman–Crippen LogP) is 5.02. The molecule has 2 unspecified atom stereocenters. The van der Waals surface area contributed by atoms with E-state index in [1.165, 1.54) is 11.1 Å². The number of likely N-dealkylation sites (tertiary alicyclic amines) is 1. The van der Waals surface area contributed by atoms with Crippen LogP contribution in [0.3, 0.4) is 0 Å². The van der Waals surface area contributed by atoms with Crippen LogP contribution >= 0.6 is 0 Å². The second-order valence-electron chi connectivity index (χ2n) is 9.24. The van der Waals surface area contributed by atoms with Gasteiger partial charge >= 0.3 is 0 Å². The van der Waals surface area contributed by atoms with E-state index < -0.39 is 0 Å². The summed E-state index contributed by atoms with van der Waals surface area (Å²) in [6.45, 7) is 2.03. The van der Waals surface area contributed by atoms with Gasteiger partial charge in [-0.2, -0.15) is 0 Å². The highest BCUT2D eigenvalue weighted by molar-refractivity contribution is 5.79. The van der Waals surface area contributed by atoms with Crippen LogP contribution in [0.2, 0.25) is 0 Å². The van der Waals surface area contributed by atoms with Crippen LogP contribution in [-0.2, 0) is 17.8 Å². The maximum absolute atomic E-state index is 13.1. The number of hydrogen-bond acceptors (Lipinski definition) is 5. The Morgan fingerprint density at radius 2 is 1.50 bits per heavy atom. The van der Waals surface area contributed by atoms with Gasteiger partial charge in [-0.05, 0) is 60.2 Å². The average molecular weight is 489 g/mol. The molecule has 0 aliphatic carbocycles. The quantitative estimate of drug-likeness (QED) is 0.434. The summed E-state index contributed by atoms with van der Waals surface area (Å²) < 4.78 is 16.2. The molecule has 0 bridgehead atoms. The molecule has 1 heterocycles. The summed E-state index contributed by atoms with van der Waals surface area (Å²) in [6, 6.07) is 24.8. The van der Waals surface area contributed by atoms with Crippen LogP contribution < -0.4 is 19.5 Å². The van der Waals surface area contributed by atoms with Gasteiger partial charge < -0.3 is 19.5 Å². The number of piperidine rings is 1. The molecule has 1 amide bonds. The topological polar surface area (TPSA) is 60.0 Å². The van der Waals surface area contributed by atoms with Crippen molar-refractivity contribution in [3.63, 3.8) is 0 Å². The van der Waals surface area contributed by atoms with Crippen LogP contribution in [0.1, 0.15) is 35.6 Å². The molecule has 2 atom stereocenters. The van der Waals surface area contributed by atoms with E-state index in [1.807, 2.05) is 48.5 Å². The van der Waals surface area contributed by atoms with Gasteiger partial charge in [0.2, 0.25) is 5.91 Å². The van der Waals surface area contributed by atoms with Crippen LogP contribution in [0.15, 0.2) is 72.8 Å². The summed E-state index contributed by atoms with van der Waals surface area (Å²) >= 11 is 0. The van der Waals surface area contributed by atoms with Crippen molar-refractivity contribution < 1.29 is 19.0 Å². The lowest BCUT2D eigenvalue weighted by molar-refractivity contribution is -0.127. The van der Waals surface area contributed by atoms with Gasteiger partial charge in [0.15, 0.2) is 0 Å². The van der Waals surface area contributed by atoms with Crippen LogP contribution in [0.5, 0.6) is 17.2 Å². The minimum absolute atomic E-state index is 0.0478. The molecule has 4 rings (SSSR count). The van der Waals surface area contributed by atoms with E-state index in [2.05, 4.69) is 34.5 Å². The molecular formula is C30H36N2O4. The lowest BCUT2D eigenvalue weighted by Crippen LogP contribution is -2.44. The number of hydrogen-bond donors (Lipinski definition) is 1. The second kappa shape index (κ2) is 12.5. The number of nitrogens with one attached hydrogen (secondary N) is 1. The molecule has 1 N–H and O–H groups in total. The van der Waals surface area contributed by atoms with Crippen molar-refractivity contribution in [2.24, 2.45) is 5.92 Å². The van der Waals surface area contributed by atoms with Gasteiger partial charge in [0, 0.05) is 31.7 Å². The molecule has 3 aromatic rings. The van der Waals surface area contributed by atoms with Crippen molar-refractivity contribution in [1.82, 2.24) is 10.2 Å². The number of nitrogens with zero attached hydrogens (tertiary/aromatic N) is 1. The Morgan fingerprint density at radius 3 is 2.14 bits per heavy atom. The van der Waals surface area contributed by atoms with Gasteiger partial charge in [-0.3, -0.25) is 9.69 Å². The number of benzene rings is 3. The van der Waals surface area contributed by atoms with Gasteiger partial charge in [0.1, 0.15) is 17.2 Å². The Labute approximate surface area is 214 Å². The third-order valence-electron chi connectivity index (χ3n) is 6.91. The van der Waals surface area contributed by atoms with E-state index >= 15 is 0 Å². The number of carbonyl (C=O) groups is 1. The van der Waals surface area contributed by atoms with E-state index in [1.54, 1.807) is 21.3 Å². The molecule has 190 valence electrons. The standard InChI is InChI=1S/C30H36N2O4/c1-34-26-12-9-22(10-13-26)15-16-31-30(33)25-11-14-29(24-7-5-4-6-8-24)32(21-25)20-23-17-27(35-2)19-28(18-23)36-3/h4-10,12-13,17-19,25,29H,11,14-16,20-21H2,1-3H3,(H,31,33). The zero-order valence-electron chi connectivity index (χ0n) is 21.4. The van der Waals surface area contributed by atoms with Crippen LogP contribution in [0.4, 0.5) is 0 Å². The monoisotopic (exact) mass is 488 g/mol. The number of methoxy groups -OCH3 is 3. The molecule has 1 saturated heterocycles. The largest absolute Gasteiger partial charge is 0.497 e. The molecule has 36 heavy (non-hydrogen) atoms. The molecule has 1 aliphatic heterocycles. The molecule has 0 saturated carbocycles. The van der Waals surface area contributed by atoms with Gasteiger partial charge in [-0.1, -0.05) is 42.5 Å². The fraction of sp³-hybridized carbons (Fsp3) is 0.367. The summed E-state index contributed by atoms with van der Waals surface area (Å²) in [4.78, 5) is 15.6. The molecule has 3 aromatic carbocycles. The van der Waals surface area contributed by atoms with E-state index in [0.29, 0.717) is 19.6 Å². The highest BCUT2D eigenvalue weighted by atomic mass is 16.5. The SMILES string of the molecule is COc1ccc(CCNC(=O)C2CCC(c3ccccc3)N(Cc3cc(OC)cc(OC)c3)C2)cc1. The first-order valence-electron chi connectivity index (χ1n) is 12.5. The minimum Gasteiger partial charge on any atom is -0.497 e. The highest BCUT2D eigenvalue weighted by Gasteiger charge is 2.32. The Morgan fingerprint density at radius 1 is 0.833 bits per heavy atom. The number of amides is 1. The molecule has 6 heteroatoms. The lowest BCUT2D eigenvalue weighted by Gasteiger charge is -2.39. The third kappa shape index (κ3) is 6.58. The number of carbonyl (C=O) groups excluding carboxylic acids is 1. The van der Waals surface area contributed by atoms with Crippen molar-refractivity contribution in [1.29, 1.82) is 0 Å². The zero-order valence-corrected chi connectivity index (χ0v) is 21.4. The van der Waals surface area contributed by atoms with Gasteiger partial charge in [0.25, 0.3) is 0 Å². The summed E-state index contributed by atoms with van der Waals surface area (Å²) in [5.74, 6) is 2.46. The van der Waals surface area contributed by atoms with Gasteiger partial charge in [-0.25, -0.2) is 0 Å². The van der Waals surface area contributed by atoms with Crippen LogP contribution in [0.25, 0.3) is 0 Å². The average Bonchev–Trinajstić information content (AvgIpc) is 2.93. The Bertz CT molecular complexity index is 1100. The molecule has 1 fully saturated rings. The fourth-order valence-electron chi connectivity index (χ4n) is 4.94. The lowest BCUT2D eigenvalue weighted by atomic mass is 9.88.